The smallest absolute Gasteiger partial charge is 0.258 e. The number of fused-ring (bicyclic) bond motifs is 1. The number of benzene rings is 2. The highest BCUT2D eigenvalue weighted by Crippen LogP contribution is 2.21. The molecule has 0 fully saturated rings. The van der Waals surface area contributed by atoms with Gasteiger partial charge < -0.3 is 9.47 Å². The third kappa shape index (κ3) is 4.06. The summed E-state index contributed by atoms with van der Waals surface area (Å²) in [7, 11) is 0. The van der Waals surface area contributed by atoms with E-state index in [0.717, 1.165) is 37.2 Å². The standard InChI is InChI=1S/C20H23ClN4O/c1-3-24(4-2)12-13-25-18-11-6-5-10-17(18)22-20(25)23-19(26)15-8-7-9-16(21)14-15/h5-11,14H,3-4,12-13H2,1-2H3,(H,22,23,26). The van der Waals surface area contributed by atoms with Crippen molar-refractivity contribution in [2.24, 2.45) is 0 Å². The lowest BCUT2D eigenvalue weighted by atomic mass is 10.2. The highest BCUT2D eigenvalue weighted by Gasteiger charge is 2.15. The van der Waals surface area contributed by atoms with E-state index in [1.54, 1.807) is 24.3 Å². The molecular formula is C20H23ClN4O. The van der Waals surface area contributed by atoms with Gasteiger partial charge >= 0.3 is 0 Å². The van der Waals surface area contributed by atoms with Crippen LogP contribution in [-0.2, 0) is 6.54 Å². The van der Waals surface area contributed by atoms with Crippen LogP contribution in [0.15, 0.2) is 48.5 Å². The van der Waals surface area contributed by atoms with Crippen molar-refractivity contribution < 1.29 is 4.79 Å². The van der Waals surface area contributed by atoms with Gasteiger partial charge in [0.05, 0.1) is 11.0 Å². The Hall–Kier alpha value is -2.37. The predicted molar refractivity (Wildman–Crippen MR) is 107 cm³/mol. The molecule has 0 radical (unpaired) electrons. The zero-order valence-electron chi connectivity index (χ0n) is 15.1. The molecule has 3 rings (SSSR count). The Balaban J connectivity index is 1.89. The lowest BCUT2D eigenvalue weighted by Gasteiger charge is -2.19. The molecule has 0 aliphatic heterocycles. The third-order valence-corrected chi connectivity index (χ3v) is 4.74. The molecule has 1 heterocycles. The number of carbonyl (C=O) groups excluding carboxylic acids is 1. The van der Waals surface area contributed by atoms with Crippen LogP contribution in [0.5, 0.6) is 0 Å². The Morgan fingerprint density at radius 3 is 2.65 bits per heavy atom. The number of likely N-dealkylation sites (N-methyl/N-ethyl adjacent to an activating group) is 1. The molecule has 3 aromatic rings. The number of rotatable bonds is 7. The van der Waals surface area contributed by atoms with Crippen LogP contribution >= 0.6 is 11.6 Å². The van der Waals surface area contributed by atoms with Crippen molar-refractivity contribution in [2.45, 2.75) is 20.4 Å². The van der Waals surface area contributed by atoms with E-state index in [0.29, 0.717) is 16.5 Å². The van der Waals surface area contributed by atoms with E-state index in [1.165, 1.54) is 0 Å². The van der Waals surface area contributed by atoms with Gasteiger partial charge in [0, 0.05) is 23.7 Å². The second kappa shape index (κ2) is 8.34. The van der Waals surface area contributed by atoms with Gasteiger partial charge in [-0.05, 0) is 43.4 Å². The van der Waals surface area contributed by atoms with Crippen molar-refractivity contribution in [1.29, 1.82) is 0 Å². The summed E-state index contributed by atoms with van der Waals surface area (Å²) in [5.74, 6) is 0.343. The fraction of sp³-hybridized carbons (Fsp3) is 0.300. The minimum Gasteiger partial charge on any atom is -0.309 e. The highest BCUT2D eigenvalue weighted by atomic mass is 35.5. The normalized spacial score (nSPS) is 11.2. The zero-order chi connectivity index (χ0) is 18.5. The zero-order valence-corrected chi connectivity index (χ0v) is 15.8. The van der Waals surface area contributed by atoms with Crippen LogP contribution in [0.25, 0.3) is 11.0 Å². The minimum absolute atomic E-state index is 0.216. The summed E-state index contributed by atoms with van der Waals surface area (Å²) in [6.45, 7) is 7.94. The molecule has 1 aromatic heterocycles. The molecule has 2 aromatic carbocycles. The van der Waals surface area contributed by atoms with Gasteiger partial charge in [-0.15, -0.1) is 0 Å². The maximum atomic E-state index is 12.6. The number of hydrogen-bond acceptors (Lipinski definition) is 3. The van der Waals surface area contributed by atoms with Crippen LogP contribution in [0.1, 0.15) is 24.2 Å². The molecule has 0 atom stereocenters. The topological polar surface area (TPSA) is 50.2 Å². The van der Waals surface area contributed by atoms with Gasteiger partial charge in [-0.1, -0.05) is 43.6 Å². The SMILES string of the molecule is CCN(CC)CCn1c(NC(=O)c2cccc(Cl)c2)nc2ccccc21. The predicted octanol–water partition coefficient (Wildman–Crippen LogP) is 4.28. The van der Waals surface area contributed by atoms with E-state index in [1.807, 2.05) is 24.3 Å². The first-order valence-electron chi connectivity index (χ1n) is 8.87. The molecule has 0 saturated heterocycles. The summed E-state index contributed by atoms with van der Waals surface area (Å²) in [4.78, 5) is 19.6. The van der Waals surface area contributed by atoms with Gasteiger partial charge in [-0.2, -0.15) is 0 Å². The molecule has 6 heteroatoms. The first-order valence-corrected chi connectivity index (χ1v) is 9.24. The number of nitrogens with one attached hydrogen (secondary N) is 1. The quantitative estimate of drug-likeness (QED) is 0.675. The Morgan fingerprint density at radius 2 is 1.92 bits per heavy atom. The summed E-state index contributed by atoms with van der Waals surface area (Å²) in [6, 6.07) is 14.8. The molecule has 26 heavy (non-hydrogen) atoms. The van der Waals surface area contributed by atoms with Crippen molar-refractivity contribution in [3.05, 3.63) is 59.1 Å². The van der Waals surface area contributed by atoms with Crippen LogP contribution in [0.3, 0.4) is 0 Å². The molecule has 0 aliphatic rings. The molecule has 0 bridgehead atoms. The average molecular weight is 371 g/mol. The Bertz CT molecular complexity index is 902. The number of anilines is 1. The summed E-state index contributed by atoms with van der Waals surface area (Å²) < 4.78 is 2.07. The lowest BCUT2D eigenvalue weighted by molar-refractivity contribution is 0.102. The van der Waals surface area contributed by atoms with Gasteiger partial charge in [0.1, 0.15) is 0 Å². The van der Waals surface area contributed by atoms with Crippen LogP contribution in [0.4, 0.5) is 5.95 Å². The summed E-state index contributed by atoms with van der Waals surface area (Å²) in [5.41, 5.74) is 2.40. The lowest BCUT2D eigenvalue weighted by Crippen LogP contribution is -2.27. The molecule has 5 nitrogen and oxygen atoms in total. The number of carbonyl (C=O) groups is 1. The highest BCUT2D eigenvalue weighted by molar-refractivity contribution is 6.31. The molecule has 136 valence electrons. The Labute approximate surface area is 158 Å². The Kier molecular flexibility index (Phi) is 5.91. The molecule has 0 spiro atoms. The van der Waals surface area contributed by atoms with Gasteiger partial charge in [-0.25, -0.2) is 4.98 Å². The second-order valence-corrected chi connectivity index (χ2v) is 6.50. The summed E-state index contributed by atoms with van der Waals surface area (Å²) >= 11 is 6.00. The fourth-order valence-electron chi connectivity index (χ4n) is 2.98. The molecule has 1 amide bonds. The number of nitrogens with zero attached hydrogens (tertiary/aromatic N) is 3. The maximum Gasteiger partial charge on any atom is 0.258 e. The van der Waals surface area contributed by atoms with Gasteiger partial charge in [0.15, 0.2) is 0 Å². The van der Waals surface area contributed by atoms with E-state index in [-0.39, 0.29) is 5.91 Å². The van der Waals surface area contributed by atoms with Crippen molar-refractivity contribution in [3.8, 4) is 0 Å². The molecule has 0 aliphatic carbocycles. The minimum atomic E-state index is -0.216. The average Bonchev–Trinajstić information content (AvgIpc) is 3.00. The molecule has 0 saturated carbocycles. The number of halogens is 1. The van der Waals surface area contributed by atoms with Gasteiger partial charge in [0.25, 0.3) is 5.91 Å². The molecular weight excluding hydrogens is 348 g/mol. The van der Waals surface area contributed by atoms with Crippen LogP contribution < -0.4 is 5.32 Å². The molecule has 0 unspecified atom stereocenters. The maximum absolute atomic E-state index is 12.6. The Morgan fingerprint density at radius 1 is 1.15 bits per heavy atom. The van der Waals surface area contributed by atoms with E-state index in [9.17, 15) is 4.79 Å². The largest absolute Gasteiger partial charge is 0.309 e. The monoisotopic (exact) mass is 370 g/mol. The second-order valence-electron chi connectivity index (χ2n) is 6.07. The van der Waals surface area contributed by atoms with Crippen molar-refractivity contribution >= 4 is 34.5 Å². The molecule has 1 N–H and O–H groups in total. The number of amides is 1. The van der Waals surface area contributed by atoms with E-state index in [2.05, 4.69) is 33.6 Å². The van der Waals surface area contributed by atoms with Crippen LogP contribution in [0.2, 0.25) is 5.02 Å². The number of hydrogen-bond donors (Lipinski definition) is 1. The summed E-state index contributed by atoms with van der Waals surface area (Å²) in [6.07, 6.45) is 0. The first-order chi connectivity index (χ1) is 12.6. The van der Waals surface area contributed by atoms with E-state index >= 15 is 0 Å². The third-order valence-electron chi connectivity index (χ3n) is 4.50. The van der Waals surface area contributed by atoms with E-state index < -0.39 is 0 Å². The number of para-hydroxylation sites is 2. The first kappa shape index (κ1) is 18.4. The van der Waals surface area contributed by atoms with Crippen LogP contribution in [0, 0.1) is 0 Å². The van der Waals surface area contributed by atoms with Gasteiger partial charge in [-0.3, -0.25) is 10.1 Å². The number of imidazole rings is 1. The van der Waals surface area contributed by atoms with E-state index in [4.69, 9.17) is 11.6 Å². The van der Waals surface area contributed by atoms with Crippen LogP contribution in [-0.4, -0.2) is 40.0 Å². The summed E-state index contributed by atoms with van der Waals surface area (Å²) in [5, 5.41) is 3.47. The van der Waals surface area contributed by atoms with Gasteiger partial charge in [0.2, 0.25) is 5.95 Å². The van der Waals surface area contributed by atoms with Crippen molar-refractivity contribution in [3.63, 3.8) is 0 Å². The fourth-order valence-corrected chi connectivity index (χ4v) is 3.17. The van der Waals surface area contributed by atoms with Crippen molar-refractivity contribution in [2.75, 3.05) is 25.0 Å². The number of aromatic nitrogens is 2. The van der Waals surface area contributed by atoms with Crippen molar-refractivity contribution in [1.82, 2.24) is 14.5 Å².